The number of amides is 2. The summed E-state index contributed by atoms with van der Waals surface area (Å²) in [4.78, 5) is 28.6. The Labute approximate surface area is 129 Å². The highest BCUT2D eigenvalue weighted by Crippen LogP contribution is 2.24. The Morgan fingerprint density at radius 1 is 1.32 bits per heavy atom. The van der Waals surface area contributed by atoms with Gasteiger partial charge in [0.05, 0.1) is 0 Å². The Morgan fingerprint density at radius 2 is 2.14 bits per heavy atom. The number of H-pyrrole nitrogens is 1. The van der Waals surface area contributed by atoms with E-state index in [1.54, 1.807) is 0 Å². The lowest BCUT2D eigenvalue weighted by Crippen LogP contribution is -2.42. The van der Waals surface area contributed by atoms with Gasteiger partial charge in [0.1, 0.15) is 0 Å². The van der Waals surface area contributed by atoms with Crippen LogP contribution in [0.15, 0.2) is 23.0 Å². The van der Waals surface area contributed by atoms with Gasteiger partial charge in [-0.2, -0.15) is 0 Å². The molecule has 0 bridgehead atoms. The van der Waals surface area contributed by atoms with Crippen molar-refractivity contribution in [1.29, 1.82) is 0 Å². The molecule has 1 aliphatic rings. The van der Waals surface area contributed by atoms with Crippen molar-refractivity contribution in [3.8, 4) is 0 Å². The summed E-state index contributed by atoms with van der Waals surface area (Å²) in [5.41, 5.74) is 3.89. The quantitative estimate of drug-likeness (QED) is 0.893. The van der Waals surface area contributed by atoms with Crippen molar-refractivity contribution in [1.82, 2.24) is 15.2 Å². The van der Waals surface area contributed by atoms with Gasteiger partial charge in [-0.1, -0.05) is 6.92 Å². The minimum absolute atomic E-state index is 0.00926. The summed E-state index contributed by atoms with van der Waals surface area (Å²) in [6, 6.07) is 6.05. The lowest BCUT2D eigenvalue weighted by atomic mass is 9.97. The normalized spacial score (nSPS) is 14.0. The Morgan fingerprint density at radius 3 is 2.91 bits per heavy atom. The van der Waals surface area contributed by atoms with E-state index in [-0.39, 0.29) is 11.6 Å². The zero-order valence-corrected chi connectivity index (χ0v) is 13.0. The van der Waals surface area contributed by atoms with Crippen LogP contribution < -0.4 is 10.9 Å². The number of carbonyl (C=O) groups excluding carboxylic acids is 1. The molecule has 0 saturated heterocycles. The largest absolute Gasteiger partial charge is 0.338 e. The van der Waals surface area contributed by atoms with Crippen LogP contribution in [0.25, 0.3) is 10.9 Å². The Bertz CT molecular complexity index is 779. The second kappa shape index (κ2) is 5.83. The van der Waals surface area contributed by atoms with E-state index >= 15 is 0 Å². The van der Waals surface area contributed by atoms with Gasteiger partial charge >= 0.3 is 6.03 Å². The standard InChI is InChI=1S/C17H21N3O2/c1-3-5-18-17(22)20-6-4-12-8-13-7-11(2)16(21)19-15(13)9-14(12)10-20/h7-9H,3-6,10H2,1-2H3,(H,18,22)(H,19,21). The van der Waals surface area contributed by atoms with Crippen molar-refractivity contribution in [3.05, 3.63) is 45.2 Å². The highest BCUT2D eigenvalue weighted by molar-refractivity contribution is 5.81. The summed E-state index contributed by atoms with van der Waals surface area (Å²) in [5.74, 6) is 0. The molecule has 1 aromatic carbocycles. The fourth-order valence-electron chi connectivity index (χ4n) is 2.89. The van der Waals surface area contributed by atoms with Crippen molar-refractivity contribution in [2.45, 2.75) is 33.2 Å². The van der Waals surface area contributed by atoms with Crippen LogP contribution >= 0.6 is 0 Å². The van der Waals surface area contributed by atoms with E-state index in [0.717, 1.165) is 41.4 Å². The average Bonchev–Trinajstić information content (AvgIpc) is 2.51. The van der Waals surface area contributed by atoms with E-state index < -0.39 is 0 Å². The molecule has 3 rings (SSSR count). The highest BCUT2D eigenvalue weighted by Gasteiger charge is 2.21. The van der Waals surface area contributed by atoms with Gasteiger partial charge in [-0.25, -0.2) is 4.79 Å². The molecule has 116 valence electrons. The maximum absolute atomic E-state index is 12.1. The Hall–Kier alpha value is -2.30. The number of nitrogens with zero attached hydrogens (tertiary/aromatic N) is 1. The van der Waals surface area contributed by atoms with E-state index in [4.69, 9.17) is 0 Å². The topological polar surface area (TPSA) is 65.2 Å². The molecule has 1 aromatic heterocycles. The van der Waals surface area contributed by atoms with Crippen LogP contribution in [-0.2, 0) is 13.0 Å². The van der Waals surface area contributed by atoms with Crippen molar-refractivity contribution in [3.63, 3.8) is 0 Å². The first kappa shape index (κ1) is 14.6. The Balaban J connectivity index is 1.90. The molecule has 0 atom stereocenters. The number of benzene rings is 1. The van der Waals surface area contributed by atoms with Gasteiger partial charge in [0.15, 0.2) is 0 Å². The average molecular weight is 299 g/mol. The van der Waals surface area contributed by atoms with E-state index in [1.165, 1.54) is 5.56 Å². The number of carbonyl (C=O) groups is 1. The first-order chi connectivity index (χ1) is 10.6. The third-order valence-electron chi connectivity index (χ3n) is 4.18. The number of hydrogen-bond acceptors (Lipinski definition) is 2. The third-order valence-corrected chi connectivity index (χ3v) is 4.18. The molecule has 2 amide bonds. The number of rotatable bonds is 2. The Kier molecular flexibility index (Phi) is 3.88. The summed E-state index contributed by atoms with van der Waals surface area (Å²) in [5, 5.41) is 3.97. The van der Waals surface area contributed by atoms with Gasteiger partial charge in [0, 0.05) is 30.7 Å². The molecular weight excluding hydrogens is 278 g/mol. The van der Waals surface area contributed by atoms with Gasteiger partial charge < -0.3 is 15.2 Å². The number of urea groups is 1. The number of pyridine rings is 1. The molecule has 0 aliphatic carbocycles. The van der Waals surface area contributed by atoms with Crippen LogP contribution in [0.2, 0.25) is 0 Å². The first-order valence-electron chi connectivity index (χ1n) is 7.76. The maximum atomic E-state index is 12.1. The number of aryl methyl sites for hydroxylation is 1. The zero-order valence-electron chi connectivity index (χ0n) is 13.0. The van der Waals surface area contributed by atoms with Gasteiger partial charge in [-0.3, -0.25) is 4.79 Å². The van der Waals surface area contributed by atoms with Gasteiger partial charge in [-0.15, -0.1) is 0 Å². The van der Waals surface area contributed by atoms with Crippen LogP contribution in [0.3, 0.4) is 0 Å². The fraction of sp³-hybridized carbons (Fsp3) is 0.412. The fourth-order valence-corrected chi connectivity index (χ4v) is 2.89. The van der Waals surface area contributed by atoms with Crippen LogP contribution in [0.1, 0.15) is 30.0 Å². The summed E-state index contributed by atoms with van der Waals surface area (Å²) in [6.45, 7) is 5.88. The number of fused-ring (bicyclic) bond motifs is 2. The summed E-state index contributed by atoms with van der Waals surface area (Å²) >= 11 is 0. The molecule has 0 radical (unpaired) electrons. The van der Waals surface area contributed by atoms with Crippen molar-refractivity contribution >= 4 is 16.9 Å². The molecule has 0 spiro atoms. The van der Waals surface area contributed by atoms with Gasteiger partial charge in [-0.05, 0) is 54.5 Å². The molecular formula is C17H21N3O2. The molecule has 5 heteroatoms. The molecule has 0 saturated carbocycles. The molecule has 22 heavy (non-hydrogen) atoms. The van der Waals surface area contributed by atoms with E-state index in [1.807, 2.05) is 30.9 Å². The number of nitrogens with one attached hydrogen (secondary N) is 2. The van der Waals surface area contributed by atoms with Crippen LogP contribution in [0.5, 0.6) is 0 Å². The third kappa shape index (κ3) is 2.71. The summed E-state index contributed by atoms with van der Waals surface area (Å²) < 4.78 is 0. The predicted molar refractivity (Wildman–Crippen MR) is 87.1 cm³/mol. The minimum Gasteiger partial charge on any atom is -0.338 e. The SMILES string of the molecule is CCCNC(=O)N1CCc2cc3cc(C)c(=O)[nH]c3cc2C1. The molecule has 1 aliphatic heterocycles. The van der Waals surface area contributed by atoms with Crippen molar-refractivity contribution in [2.75, 3.05) is 13.1 Å². The monoisotopic (exact) mass is 299 g/mol. The predicted octanol–water partition coefficient (Wildman–Crippen LogP) is 2.31. The molecule has 0 unspecified atom stereocenters. The van der Waals surface area contributed by atoms with Crippen LogP contribution in [0, 0.1) is 6.92 Å². The zero-order chi connectivity index (χ0) is 15.7. The smallest absolute Gasteiger partial charge is 0.317 e. The lowest BCUT2D eigenvalue weighted by Gasteiger charge is -2.29. The second-order valence-electron chi connectivity index (χ2n) is 5.89. The van der Waals surface area contributed by atoms with E-state index in [9.17, 15) is 9.59 Å². The van der Waals surface area contributed by atoms with Crippen molar-refractivity contribution < 1.29 is 4.79 Å². The molecule has 2 aromatic rings. The van der Waals surface area contributed by atoms with Gasteiger partial charge in [0.25, 0.3) is 5.56 Å². The first-order valence-corrected chi connectivity index (χ1v) is 7.76. The summed E-state index contributed by atoms with van der Waals surface area (Å²) in [7, 11) is 0. The van der Waals surface area contributed by atoms with Gasteiger partial charge in [0.2, 0.25) is 0 Å². The number of hydrogen-bond donors (Lipinski definition) is 2. The summed E-state index contributed by atoms with van der Waals surface area (Å²) in [6.07, 6.45) is 1.78. The number of aromatic amines is 1. The second-order valence-corrected chi connectivity index (χ2v) is 5.89. The maximum Gasteiger partial charge on any atom is 0.317 e. The number of aromatic nitrogens is 1. The molecule has 5 nitrogen and oxygen atoms in total. The minimum atomic E-state index is -0.0548. The highest BCUT2D eigenvalue weighted by atomic mass is 16.2. The molecule has 2 heterocycles. The lowest BCUT2D eigenvalue weighted by molar-refractivity contribution is 0.192. The van der Waals surface area contributed by atoms with E-state index in [0.29, 0.717) is 13.1 Å². The molecule has 0 fully saturated rings. The van der Waals surface area contributed by atoms with E-state index in [2.05, 4.69) is 16.4 Å². The van der Waals surface area contributed by atoms with Crippen LogP contribution in [0.4, 0.5) is 4.79 Å². The molecule has 2 N–H and O–H groups in total. The van der Waals surface area contributed by atoms with Crippen LogP contribution in [-0.4, -0.2) is 29.0 Å². The van der Waals surface area contributed by atoms with Crippen molar-refractivity contribution in [2.24, 2.45) is 0 Å².